The fourth-order valence-electron chi connectivity index (χ4n) is 3.31. The van der Waals surface area contributed by atoms with Gasteiger partial charge in [-0.05, 0) is 48.0 Å². The number of hydrazone groups is 1. The predicted octanol–water partition coefficient (Wildman–Crippen LogP) is 4.84. The van der Waals surface area contributed by atoms with E-state index in [2.05, 4.69) is 10.5 Å². The van der Waals surface area contributed by atoms with E-state index in [9.17, 15) is 14.7 Å². The Morgan fingerprint density at radius 3 is 2.53 bits per heavy atom. The molecular weight excluding hydrogens is 404 g/mol. The molecule has 6 heteroatoms. The van der Waals surface area contributed by atoms with Crippen LogP contribution in [0.3, 0.4) is 0 Å². The Morgan fingerprint density at radius 2 is 1.72 bits per heavy atom. The molecule has 0 aliphatic rings. The van der Waals surface area contributed by atoms with Gasteiger partial charge in [-0.2, -0.15) is 5.10 Å². The van der Waals surface area contributed by atoms with Gasteiger partial charge in [-0.1, -0.05) is 60.2 Å². The Balaban J connectivity index is 1.64. The summed E-state index contributed by atoms with van der Waals surface area (Å²) in [6.45, 7) is 1.90. The van der Waals surface area contributed by atoms with Crippen molar-refractivity contribution < 1.29 is 19.4 Å². The average molecular weight is 424 g/mol. The zero-order chi connectivity index (χ0) is 22.5. The number of phenols is 1. The number of rotatable bonds is 5. The lowest BCUT2D eigenvalue weighted by molar-refractivity contribution is 0.0734. The second-order valence-electron chi connectivity index (χ2n) is 7.17. The SMILES string of the molecule is Cc1cccc(C(=O)Oc2ccc3ccccc3c2/C=N/NC(=O)c2ccccc2O)c1. The quantitative estimate of drug-likeness (QED) is 0.208. The Bertz CT molecular complexity index is 1340. The second kappa shape index (κ2) is 9.14. The summed E-state index contributed by atoms with van der Waals surface area (Å²) in [6.07, 6.45) is 1.43. The number of carbonyl (C=O) groups excluding carboxylic acids is 2. The molecule has 4 rings (SSSR count). The Hall–Kier alpha value is -4.45. The minimum absolute atomic E-state index is 0.105. The maximum Gasteiger partial charge on any atom is 0.343 e. The first-order chi connectivity index (χ1) is 15.5. The first-order valence-corrected chi connectivity index (χ1v) is 9.95. The highest BCUT2D eigenvalue weighted by Gasteiger charge is 2.14. The van der Waals surface area contributed by atoms with Crippen LogP contribution in [0.25, 0.3) is 10.8 Å². The van der Waals surface area contributed by atoms with Crippen molar-refractivity contribution in [1.82, 2.24) is 5.43 Å². The van der Waals surface area contributed by atoms with E-state index < -0.39 is 11.9 Å². The smallest absolute Gasteiger partial charge is 0.343 e. The van der Waals surface area contributed by atoms with Crippen LogP contribution in [0.5, 0.6) is 11.5 Å². The van der Waals surface area contributed by atoms with Gasteiger partial charge < -0.3 is 9.84 Å². The van der Waals surface area contributed by atoms with Crippen molar-refractivity contribution in [2.75, 3.05) is 0 Å². The van der Waals surface area contributed by atoms with Crippen molar-refractivity contribution >= 4 is 28.9 Å². The summed E-state index contributed by atoms with van der Waals surface area (Å²) in [4.78, 5) is 25.0. The summed E-state index contributed by atoms with van der Waals surface area (Å²) in [6, 6.07) is 24.5. The van der Waals surface area contributed by atoms with Crippen molar-refractivity contribution in [2.45, 2.75) is 6.92 Å². The number of aryl methyl sites for hydroxylation is 1. The number of hydrogen-bond acceptors (Lipinski definition) is 5. The molecule has 0 fully saturated rings. The maximum atomic E-state index is 12.7. The number of carbonyl (C=O) groups is 2. The van der Waals surface area contributed by atoms with Crippen molar-refractivity contribution in [3.8, 4) is 11.5 Å². The largest absolute Gasteiger partial charge is 0.507 e. The fraction of sp³-hybridized carbons (Fsp3) is 0.0385. The molecule has 0 saturated heterocycles. The zero-order valence-corrected chi connectivity index (χ0v) is 17.3. The minimum Gasteiger partial charge on any atom is -0.507 e. The summed E-state index contributed by atoms with van der Waals surface area (Å²) >= 11 is 0. The van der Waals surface area contributed by atoms with Gasteiger partial charge >= 0.3 is 5.97 Å². The molecule has 0 spiro atoms. The van der Waals surface area contributed by atoms with Crippen molar-refractivity contribution in [3.05, 3.63) is 107 Å². The molecule has 158 valence electrons. The van der Waals surface area contributed by atoms with E-state index >= 15 is 0 Å². The Labute approximate surface area is 184 Å². The first-order valence-electron chi connectivity index (χ1n) is 9.95. The molecule has 0 aliphatic carbocycles. The average Bonchev–Trinajstić information content (AvgIpc) is 2.80. The summed E-state index contributed by atoms with van der Waals surface area (Å²) in [7, 11) is 0. The van der Waals surface area contributed by atoms with Gasteiger partial charge in [0.15, 0.2) is 0 Å². The van der Waals surface area contributed by atoms with Crippen LogP contribution in [0.1, 0.15) is 31.8 Å². The van der Waals surface area contributed by atoms with Crippen LogP contribution >= 0.6 is 0 Å². The van der Waals surface area contributed by atoms with Crippen molar-refractivity contribution in [3.63, 3.8) is 0 Å². The highest BCUT2D eigenvalue weighted by molar-refractivity contribution is 6.04. The van der Waals surface area contributed by atoms with Crippen LogP contribution in [0, 0.1) is 6.92 Å². The highest BCUT2D eigenvalue weighted by Crippen LogP contribution is 2.27. The third-order valence-corrected chi connectivity index (χ3v) is 4.90. The molecule has 0 atom stereocenters. The third-order valence-electron chi connectivity index (χ3n) is 4.90. The minimum atomic E-state index is -0.558. The number of aromatic hydroxyl groups is 1. The van der Waals surface area contributed by atoms with Crippen LogP contribution < -0.4 is 10.2 Å². The molecule has 4 aromatic rings. The van der Waals surface area contributed by atoms with E-state index in [0.717, 1.165) is 16.3 Å². The number of nitrogens with zero attached hydrogens (tertiary/aromatic N) is 1. The molecule has 32 heavy (non-hydrogen) atoms. The van der Waals surface area contributed by atoms with Gasteiger partial charge in [0, 0.05) is 5.56 Å². The van der Waals surface area contributed by atoms with Gasteiger partial charge in [-0.25, -0.2) is 10.2 Å². The lowest BCUT2D eigenvalue weighted by Gasteiger charge is -2.11. The van der Waals surface area contributed by atoms with Gasteiger partial charge in [0.2, 0.25) is 0 Å². The topological polar surface area (TPSA) is 88.0 Å². The lowest BCUT2D eigenvalue weighted by atomic mass is 10.0. The number of nitrogens with one attached hydrogen (secondary N) is 1. The maximum absolute atomic E-state index is 12.7. The zero-order valence-electron chi connectivity index (χ0n) is 17.3. The standard InChI is InChI=1S/C26H20N2O4/c1-17-7-6-9-19(15-17)26(31)32-24-14-13-18-8-2-3-10-20(18)22(24)16-27-28-25(30)21-11-4-5-12-23(21)29/h2-16,29H,1H3,(H,28,30)/b27-16+. The number of hydrogen-bond donors (Lipinski definition) is 2. The number of phenolic OH excluding ortho intramolecular Hbond substituents is 1. The fourth-order valence-corrected chi connectivity index (χ4v) is 3.31. The molecule has 0 radical (unpaired) electrons. The molecule has 0 heterocycles. The molecule has 2 N–H and O–H groups in total. The van der Waals surface area contributed by atoms with Crippen LogP contribution in [-0.4, -0.2) is 23.2 Å². The molecule has 0 unspecified atom stereocenters. The van der Waals surface area contributed by atoms with Crippen LogP contribution in [0.4, 0.5) is 0 Å². The molecule has 0 aromatic heterocycles. The normalized spacial score (nSPS) is 10.9. The number of fused-ring (bicyclic) bond motifs is 1. The van der Waals surface area contributed by atoms with Gasteiger partial charge in [0.05, 0.1) is 17.3 Å². The monoisotopic (exact) mass is 424 g/mol. The molecule has 1 amide bonds. The molecule has 0 aliphatic heterocycles. The van der Waals surface area contributed by atoms with Gasteiger partial charge in [0.1, 0.15) is 11.5 Å². The van der Waals surface area contributed by atoms with E-state index in [4.69, 9.17) is 4.74 Å². The summed E-state index contributed by atoms with van der Waals surface area (Å²) in [5, 5.41) is 15.6. The van der Waals surface area contributed by atoms with E-state index in [1.807, 2.05) is 43.3 Å². The summed E-state index contributed by atoms with van der Waals surface area (Å²) in [5.74, 6) is -0.872. The molecule has 0 saturated carbocycles. The van der Waals surface area contributed by atoms with Gasteiger partial charge in [-0.3, -0.25) is 4.79 Å². The first kappa shape index (κ1) is 20.8. The highest BCUT2D eigenvalue weighted by atomic mass is 16.5. The van der Waals surface area contributed by atoms with E-state index in [1.165, 1.54) is 18.3 Å². The van der Waals surface area contributed by atoms with Crippen molar-refractivity contribution in [2.24, 2.45) is 5.10 Å². The Morgan fingerprint density at radius 1 is 0.938 bits per heavy atom. The second-order valence-corrected chi connectivity index (χ2v) is 7.17. The molecular formula is C26H20N2O4. The third kappa shape index (κ3) is 4.49. The van der Waals surface area contributed by atoms with E-state index in [1.54, 1.807) is 36.4 Å². The molecule has 0 bridgehead atoms. The number of ether oxygens (including phenoxy) is 1. The number of amides is 1. The van der Waals surface area contributed by atoms with Gasteiger partial charge in [0.25, 0.3) is 5.91 Å². The van der Waals surface area contributed by atoms with Crippen LogP contribution in [0.15, 0.2) is 90.0 Å². The van der Waals surface area contributed by atoms with E-state index in [-0.39, 0.29) is 11.3 Å². The summed E-state index contributed by atoms with van der Waals surface area (Å²) < 4.78 is 5.67. The number of esters is 1. The van der Waals surface area contributed by atoms with Crippen molar-refractivity contribution in [1.29, 1.82) is 0 Å². The number of para-hydroxylation sites is 1. The Kier molecular flexibility index (Phi) is 5.94. The molecule has 4 aromatic carbocycles. The van der Waals surface area contributed by atoms with Crippen LogP contribution in [0.2, 0.25) is 0 Å². The lowest BCUT2D eigenvalue weighted by Crippen LogP contribution is -2.18. The van der Waals surface area contributed by atoms with Crippen LogP contribution in [-0.2, 0) is 0 Å². The van der Waals surface area contributed by atoms with Gasteiger partial charge in [-0.15, -0.1) is 0 Å². The van der Waals surface area contributed by atoms with E-state index in [0.29, 0.717) is 16.9 Å². The summed E-state index contributed by atoms with van der Waals surface area (Å²) in [5.41, 5.74) is 4.44. The molecule has 6 nitrogen and oxygen atoms in total. The number of benzene rings is 4. The predicted molar refractivity (Wildman–Crippen MR) is 123 cm³/mol.